The highest BCUT2D eigenvalue weighted by molar-refractivity contribution is 9.10. The highest BCUT2D eigenvalue weighted by Crippen LogP contribution is 2.37. The molecule has 0 bridgehead atoms. The summed E-state index contributed by atoms with van der Waals surface area (Å²) in [6.45, 7) is 7.36. The van der Waals surface area contributed by atoms with Crippen LogP contribution in [0.15, 0.2) is 41.1 Å². The highest BCUT2D eigenvalue weighted by Gasteiger charge is 2.14. The molecule has 0 aliphatic rings. The van der Waals surface area contributed by atoms with Gasteiger partial charge in [-0.15, -0.1) is 0 Å². The summed E-state index contributed by atoms with van der Waals surface area (Å²) in [5.41, 5.74) is 3.17. The monoisotopic (exact) mass is 312 g/mol. The van der Waals surface area contributed by atoms with E-state index in [4.69, 9.17) is 6.57 Å². The van der Waals surface area contributed by atoms with Gasteiger partial charge >= 0.3 is 0 Å². The average Bonchev–Trinajstić information content (AvgIpc) is 2.76. The molecule has 2 aromatic heterocycles. The zero-order valence-electron chi connectivity index (χ0n) is 10.1. The van der Waals surface area contributed by atoms with Crippen LogP contribution in [0.4, 0.5) is 5.69 Å². The van der Waals surface area contributed by atoms with E-state index >= 15 is 0 Å². The van der Waals surface area contributed by atoms with E-state index in [0.717, 1.165) is 26.6 Å². The van der Waals surface area contributed by atoms with E-state index in [1.807, 2.05) is 31.3 Å². The quantitative estimate of drug-likeness (QED) is 0.638. The molecule has 0 saturated heterocycles. The maximum Gasteiger partial charge on any atom is 0.198 e. The van der Waals surface area contributed by atoms with Gasteiger partial charge in [-0.3, -0.25) is 9.67 Å². The molecular formula is C14H9BrN4. The molecular weight excluding hydrogens is 304 g/mol. The SMILES string of the molecule is [C-]#[N+]c1cc2ncccc2cc1-c1c(Br)cnn1C. The topological polar surface area (TPSA) is 35.1 Å². The molecule has 19 heavy (non-hydrogen) atoms. The fourth-order valence-electron chi connectivity index (χ4n) is 2.11. The summed E-state index contributed by atoms with van der Waals surface area (Å²) in [7, 11) is 1.86. The largest absolute Gasteiger partial charge is 0.268 e. The number of halogens is 1. The summed E-state index contributed by atoms with van der Waals surface area (Å²) in [4.78, 5) is 7.89. The summed E-state index contributed by atoms with van der Waals surface area (Å²) in [6, 6.07) is 7.68. The van der Waals surface area contributed by atoms with Crippen LogP contribution in [0.5, 0.6) is 0 Å². The zero-order chi connectivity index (χ0) is 13.4. The number of fused-ring (bicyclic) bond motifs is 1. The molecule has 0 atom stereocenters. The standard InChI is InChI=1S/C14H9BrN4/c1-16-13-7-12-9(4-3-5-17-12)6-10(13)14-11(15)8-18-19(14)2/h3-8H,2H3. The van der Waals surface area contributed by atoms with Gasteiger partial charge in [-0.25, -0.2) is 4.85 Å². The third-order valence-corrected chi connectivity index (χ3v) is 3.57. The van der Waals surface area contributed by atoms with E-state index < -0.39 is 0 Å². The maximum absolute atomic E-state index is 7.36. The fourth-order valence-corrected chi connectivity index (χ4v) is 2.67. The second-order valence-electron chi connectivity index (χ2n) is 4.14. The van der Waals surface area contributed by atoms with Gasteiger partial charge in [0.2, 0.25) is 0 Å². The number of pyridine rings is 1. The van der Waals surface area contributed by atoms with E-state index in [9.17, 15) is 0 Å². The van der Waals surface area contributed by atoms with Gasteiger partial charge in [-0.05, 0) is 33.4 Å². The molecule has 2 heterocycles. The molecule has 5 heteroatoms. The van der Waals surface area contributed by atoms with Crippen molar-refractivity contribution >= 4 is 32.5 Å². The van der Waals surface area contributed by atoms with Crippen LogP contribution in [0, 0.1) is 6.57 Å². The van der Waals surface area contributed by atoms with Crippen molar-refractivity contribution in [1.82, 2.24) is 14.8 Å². The molecule has 0 amide bonds. The molecule has 0 radical (unpaired) electrons. The Morgan fingerprint density at radius 3 is 2.89 bits per heavy atom. The zero-order valence-corrected chi connectivity index (χ0v) is 11.7. The summed E-state index contributed by atoms with van der Waals surface area (Å²) in [5.74, 6) is 0. The van der Waals surface area contributed by atoms with Gasteiger partial charge in [0.25, 0.3) is 0 Å². The molecule has 0 fully saturated rings. The van der Waals surface area contributed by atoms with E-state index in [1.165, 1.54) is 0 Å². The Labute approximate surface area is 118 Å². The van der Waals surface area contributed by atoms with Crippen molar-refractivity contribution in [2.75, 3.05) is 0 Å². The van der Waals surface area contributed by atoms with Gasteiger partial charge in [0.1, 0.15) is 0 Å². The Morgan fingerprint density at radius 2 is 2.21 bits per heavy atom. The fraction of sp³-hybridized carbons (Fsp3) is 0.0714. The van der Waals surface area contributed by atoms with Gasteiger partial charge < -0.3 is 0 Å². The first-order valence-electron chi connectivity index (χ1n) is 5.65. The number of hydrogen-bond donors (Lipinski definition) is 0. The number of aromatic nitrogens is 3. The van der Waals surface area contributed by atoms with Crippen molar-refractivity contribution in [2.24, 2.45) is 7.05 Å². The first kappa shape index (κ1) is 11.9. The lowest BCUT2D eigenvalue weighted by Gasteiger charge is -2.08. The Hall–Kier alpha value is -2.19. The van der Waals surface area contributed by atoms with Gasteiger partial charge in [0.15, 0.2) is 5.69 Å². The molecule has 3 rings (SSSR count). The average molecular weight is 313 g/mol. The second kappa shape index (κ2) is 4.48. The number of nitrogens with zero attached hydrogens (tertiary/aromatic N) is 4. The third-order valence-electron chi connectivity index (χ3n) is 2.99. The minimum Gasteiger partial charge on any atom is -0.268 e. The van der Waals surface area contributed by atoms with E-state index in [-0.39, 0.29) is 0 Å². The molecule has 0 saturated carbocycles. The Balaban J connectivity index is 2.38. The van der Waals surface area contributed by atoms with Crippen molar-refractivity contribution < 1.29 is 0 Å². The second-order valence-corrected chi connectivity index (χ2v) is 5.00. The Morgan fingerprint density at radius 1 is 1.37 bits per heavy atom. The molecule has 4 nitrogen and oxygen atoms in total. The minimum absolute atomic E-state index is 0.579. The van der Waals surface area contributed by atoms with Crippen molar-refractivity contribution in [3.63, 3.8) is 0 Å². The molecule has 0 N–H and O–H groups in total. The van der Waals surface area contributed by atoms with E-state index in [0.29, 0.717) is 5.69 Å². The maximum atomic E-state index is 7.36. The predicted octanol–water partition coefficient (Wildman–Crippen LogP) is 3.95. The van der Waals surface area contributed by atoms with Gasteiger partial charge in [0.05, 0.1) is 28.5 Å². The third kappa shape index (κ3) is 1.90. The smallest absolute Gasteiger partial charge is 0.198 e. The number of benzene rings is 1. The first-order chi connectivity index (χ1) is 9.20. The lowest BCUT2D eigenvalue weighted by atomic mass is 10.1. The van der Waals surface area contributed by atoms with Gasteiger partial charge in [0, 0.05) is 18.8 Å². The molecule has 0 aliphatic heterocycles. The number of rotatable bonds is 1. The van der Waals surface area contributed by atoms with Crippen molar-refractivity contribution in [1.29, 1.82) is 0 Å². The number of aryl methyl sites for hydroxylation is 1. The molecule has 92 valence electrons. The van der Waals surface area contributed by atoms with Gasteiger partial charge in [-0.2, -0.15) is 5.10 Å². The van der Waals surface area contributed by atoms with Crippen LogP contribution in [0.25, 0.3) is 27.0 Å². The highest BCUT2D eigenvalue weighted by atomic mass is 79.9. The summed E-state index contributed by atoms with van der Waals surface area (Å²) in [5, 5.41) is 5.21. The van der Waals surface area contributed by atoms with Gasteiger partial charge in [-0.1, -0.05) is 12.1 Å². The molecule has 0 unspecified atom stereocenters. The Bertz CT molecular complexity index is 794. The molecule has 0 aliphatic carbocycles. The normalized spacial score (nSPS) is 10.6. The summed E-state index contributed by atoms with van der Waals surface area (Å²) in [6.07, 6.45) is 3.46. The van der Waals surface area contributed by atoms with Crippen LogP contribution in [0.3, 0.4) is 0 Å². The summed E-state index contributed by atoms with van der Waals surface area (Å²) < 4.78 is 2.64. The van der Waals surface area contributed by atoms with Crippen LogP contribution < -0.4 is 0 Å². The van der Waals surface area contributed by atoms with Crippen LogP contribution in [0.1, 0.15) is 0 Å². The van der Waals surface area contributed by atoms with Crippen molar-refractivity contribution in [3.8, 4) is 11.3 Å². The van der Waals surface area contributed by atoms with Crippen molar-refractivity contribution in [3.05, 3.63) is 52.5 Å². The van der Waals surface area contributed by atoms with Crippen LogP contribution in [-0.4, -0.2) is 14.8 Å². The van der Waals surface area contributed by atoms with Crippen molar-refractivity contribution in [2.45, 2.75) is 0 Å². The first-order valence-corrected chi connectivity index (χ1v) is 6.44. The number of hydrogen-bond acceptors (Lipinski definition) is 2. The molecule has 1 aromatic carbocycles. The van der Waals surface area contributed by atoms with Crippen LogP contribution in [0.2, 0.25) is 0 Å². The lowest BCUT2D eigenvalue weighted by Crippen LogP contribution is -1.94. The van der Waals surface area contributed by atoms with E-state index in [2.05, 4.69) is 30.9 Å². The predicted molar refractivity (Wildman–Crippen MR) is 77.9 cm³/mol. The van der Waals surface area contributed by atoms with Crippen LogP contribution >= 0.6 is 15.9 Å². The minimum atomic E-state index is 0.579. The Kier molecular flexibility index (Phi) is 2.80. The summed E-state index contributed by atoms with van der Waals surface area (Å²) >= 11 is 3.48. The van der Waals surface area contributed by atoms with Crippen LogP contribution in [-0.2, 0) is 7.05 Å². The molecule has 3 aromatic rings. The lowest BCUT2D eigenvalue weighted by molar-refractivity contribution is 0.776. The molecule has 0 spiro atoms. The van der Waals surface area contributed by atoms with E-state index in [1.54, 1.807) is 17.1 Å².